The topological polar surface area (TPSA) is 46.5 Å². The minimum Gasteiger partial charge on any atom is -0.508 e. The molecule has 0 amide bonds. The van der Waals surface area contributed by atoms with Gasteiger partial charge in [0.05, 0.1) is 4.44 Å². The minimum absolute atomic E-state index is 0.231. The minimum atomic E-state index is -2.12. The number of ether oxygens (including phenoxy) is 1. The zero-order valence-electron chi connectivity index (χ0n) is 14.7. The second-order valence-corrected chi connectivity index (χ2v) is 16.5. The number of esters is 1. The molecule has 0 heterocycles. The zero-order chi connectivity index (χ0) is 20.0. The lowest BCUT2D eigenvalue weighted by molar-refractivity contribution is -0.128. The van der Waals surface area contributed by atoms with Crippen molar-refractivity contribution in [2.75, 3.05) is 0 Å². The lowest BCUT2D eigenvalue weighted by Gasteiger charge is -2.21. The van der Waals surface area contributed by atoms with Gasteiger partial charge in [-0.25, -0.2) is 4.79 Å². The summed E-state index contributed by atoms with van der Waals surface area (Å²) in [5.41, 5.74) is 0. The van der Waals surface area contributed by atoms with E-state index in [4.69, 9.17) is 16.5 Å². The van der Waals surface area contributed by atoms with E-state index in [9.17, 15) is 9.90 Å². The Balaban J connectivity index is 1.87. The van der Waals surface area contributed by atoms with Gasteiger partial charge >= 0.3 is 5.97 Å². The number of hydrogen-bond acceptors (Lipinski definition) is 6. The molecule has 0 bridgehead atoms. The number of carbonyl (C=O) groups is 1. The molecule has 0 saturated heterocycles. The van der Waals surface area contributed by atoms with Gasteiger partial charge in [-0.1, -0.05) is 71.5 Å². The molecule has 0 aliphatic rings. The average molecular weight is 445 g/mol. The molecule has 1 unspecified atom stereocenters. The van der Waals surface area contributed by atoms with Crippen LogP contribution in [0, 0.1) is 0 Å². The molecular weight excluding hydrogens is 427 g/mol. The number of aromatic hydroxyl groups is 1. The van der Waals surface area contributed by atoms with E-state index >= 15 is 0 Å². The van der Waals surface area contributed by atoms with Gasteiger partial charge in [0, 0.05) is 21.2 Å². The third-order valence-corrected chi connectivity index (χ3v) is 13.2. The number of rotatable bonds is 7. The van der Waals surface area contributed by atoms with E-state index in [0.29, 0.717) is 5.75 Å². The monoisotopic (exact) mass is 444 g/mol. The van der Waals surface area contributed by atoms with Crippen molar-refractivity contribution >= 4 is 50.3 Å². The van der Waals surface area contributed by atoms with E-state index in [2.05, 4.69) is 18.7 Å². The standard InChI is InChI=1S/C21H17O3PS3/c1-2-21(23)24-17-10-14-20(15-11-17)28-25(26,18-6-4-3-5-7-18)27-19-12-8-16(22)9-13-19/h2-15,22H,1H2. The normalized spacial score (nSPS) is 12.7. The van der Waals surface area contributed by atoms with Crippen LogP contribution in [0.3, 0.4) is 0 Å². The first-order chi connectivity index (χ1) is 13.5. The number of hydrogen-bond donors (Lipinski definition) is 1. The maximum atomic E-state index is 11.3. The van der Waals surface area contributed by atoms with E-state index in [1.807, 2.05) is 42.5 Å². The third kappa shape index (κ3) is 5.52. The Bertz CT molecular complexity index is 1000. The highest BCUT2D eigenvalue weighted by atomic mass is 33.2. The highest BCUT2D eigenvalue weighted by Gasteiger charge is 2.23. The van der Waals surface area contributed by atoms with Gasteiger partial charge in [0.25, 0.3) is 0 Å². The van der Waals surface area contributed by atoms with Gasteiger partial charge in [-0.05, 0) is 48.5 Å². The van der Waals surface area contributed by atoms with Crippen molar-refractivity contribution in [1.82, 2.24) is 0 Å². The van der Waals surface area contributed by atoms with Gasteiger partial charge in [0.1, 0.15) is 11.5 Å². The van der Waals surface area contributed by atoms with Crippen LogP contribution in [0.25, 0.3) is 0 Å². The summed E-state index contributed by atoms with van der Waals surface area (Å²) in [4.78, 5) is 13.3. The molecule has 3 nitrogen and oxygen atoms in total. The van der Waals surface area contributed by atoms with Crippen LogP contribution in [0.1, 0.15) is 0 Å². The Hall–Kier alpha value is -1.98. The first-order valence-electron chi connectivity index (χ1n) is 8.27. The molecule has 0 fully saturated rings. The Morgan fingerprint density at radius 1 is 0.929 bits per heavy atom. The van der Waals surface area contributed by atoms with Crippen molar-refractivity contribution in [3.8, 4) is 11.5 Å². The van der Waals surface area contributed by atoms with Crippen molar-refractivity contribution in [2.24, 2.45) is 0 Å². The zero-order valence-corrected chi connectivity index (χ0v) is 18.1. The Morgan fingerprint density at radius 3 is 2.00 bits per heavy atom. The fraction of sp³-hybridized carbons (Fsp3) is 0. The summed E-state index contributed by atoms with van der Waals surface area (Å²) in [7, 11) is 0. The van der Waals surface area contributed by atoms with Crippen LogP contribution in [0.4, 0.5) is 0 Å². The van der Waals surface area contributed by atoms with E-state index in [1.165, 1.54) is 0 Å². The van der Waals surface area contributed by atoms with Gasteiger partial charge < -0.3 is 9.84 Å². The summed E-state index contributed by atoms with van der Waals surface area (Å²) in [6.07, 6.45) is 1.13. The highest BCUT2D eigenvalue weighted by Crippen LogP contribution is 2.72. The molecule has 142 valence electrons. The van der Waals surface area contributed by atoms with Gasteiger partial charge in [0.2, 0.25) is 0 Å². The molecule has 0 spiro atoms. The van der Waals surface area contributed by atoms with Crippen molar-refractivity contribution in [2.45, 2.75) is 9.79 Å². The van der Waals surface area contributed by atoms with Crippen LogP contribution < -0.4 is 10.0 Å². The quantitative estimate of drug-likeness (QED) is 0.209. The first-order valence-corrected chi connectivity index (χ1v) is 13.9. The molecule has 28 heavy (non-hydrogen) atoms. The summed E-state index contributed by atoms with van der Waals surface area (Å²) < 4.78 is 3.01. The molecule has 0 saturated carbocycles. The summed E-state index contributed by atoms with van der Waals surface area (Å²) in [5, 5.41) is 10.6. The number of carbonyl (C=O) groups excluding carboxylic acids is 1. The summed E-state index contributed by atoms with van der Waals surface area (Å²) in [6.45, 7) is 3.40. The van der Waals surface area contributed by atoms with E-state index < -0.39 is 10.4 Å². The van der Waals surface area contributed by atoms with Crippen molar-refractivity contribution in [3.05, 3.63) is 91.5 Å². The summed E-state index contributed by atoms with van der Waals surface area (Å²) in [6, 6.07) is 24.5. The summed E-state index contributed by atoms with van der Waals surface area (Å²) >= 11 is 9.45. The fourth-order valence-electron chi connectivity index (χ4n) is 2.25. The third-order valence-electron chi connectivity index (χ3n) is 3.57. The van der Waals surface area contributed by atoms with E-state index in [1.54, 1.807) is 47.0 Å². The Morgan fingerprint density at radius 2 is 1.46 bits per heavy atom. The second-order valence-electron chi connectivity index (χ2n) is 5.61. The van der Waals surface area contributed by atoms with Gasteiger partial charge in [0.15, 0.2) is 0 Å². The van der Waals surface area contributed by atoms with Crippen LogP contribution >= 0.6 is 27.2 Å². The molecule has 0 aromatic heterocycles. The SMILES string of the molecule is C=CC(=O)Oc1ccc(SP(=S)(Sc2ccc(O)cc2)c2ccccc2)cc1. The van der Waals surface area contributed by atoms with Crippen LogP contribution in [0.15, 0.2) is 101 Å². The molecule has 0 aliphatic heterocycles. The number of phenolic OH excluding ortho intramolecular Hbond substituents is 1. The van der Waals surface area contributed by atoms with Crippen LogP contribution in [0.2, 0.25) is 0 Å². The van der Waals surface area contributed by atoms with Gasteiger partial charge in [-0.2, -0.15) is 0 Å². The smallest absolute Gasteiger partial charge is 0.335 e. The summed E-state index contributed by atoms with van der Waals surface area (Å²) in [5.74, 6) is 0.209. The number of benzene rings is 3. The molecule has 1 atom stereocenters. The van der Waals surface area contributed by atoms with Gasteiger partial charge in [-0.15, -0.1) is 0 Å². The molecular formula is C21H17O3PS3. The molecule has 7 heteroatoms. The molecule has 3 rings (SSSR count). The van der Waals surface area contributed by atoms with Crippen LogP contribution in [-0.4, -0.2) is 11.1 Å². The first kappa shape index (κ1) is 20.7. The lowest BCUT2D eigenvalue weighted by atomic mass is 10.3. The van der Waals surface area contributed by atoms with Crippen molar-refractivity contribution < 1.29 is 14.6 Å². The van der Waals surface area contributed by atoms with Crippen LogP contribution in [-0.2, 0) is 16.6 Å². The van der Waals surface area contributed by atoms with Gasteiger partial charge in [-0.3, -0.25) is 0 Å². The fourth-order valence-corrected chi connectivity index (χ4v) is 11.8. The molecule has 3 aromatic carbocycles. The largest absolute Gasteiger partial charge is 0.508 e. The second kappa shape index (κ2) is 9.48. The highest BCUT2D eigenvalue weighted by molar-refractivity contribution is 9.02. The maximum absolute atomic E-state index is 11.3. The van der Waals surface area contributed by atoms with Crippen molar-refractivity contribution in [1.29, 1.82) is 0 Å². The predicted octanol–water partition coefficient (Wildman–Crippen LogP) is 6.00. The number of phenols is 1. The average Bonchev–Trinajstić information content (AvgIpc) is 2.72. The molecule has 1 N–H and O–H groups in total. The van der Waals surface area contributed by atoms with Crippen LogP contribution in [0.5, 0.6) is 11.5 Å². The predicted molar refractivity (Wildman–Crippen MR) is 122 cm³/mol. The van der Waals surface area contributed by atoms with Crippen molar-refractivity contribution in [3.63, 3.8) is 0 Å². The molecule has 0 radical (unpaired) electrons. The Labute approximate surface area is 177 Å². The maximum Gasteiger partial charge on any atom is 0.335 e. The molecule has 0 aliphatic carbocycles. The molecule has 3 aromatic rings. The van der Waals surface area contributed by atoms with E-state index in [0.717, 1.165) is 21.2 Å². The Kier molecular flexibility index (Phi) is 7.03. The van der Waals surface area contributed by atoms with E-state index in [-0.39, 0.29) is 5.75 Å². The lowest BCUT2D eigenvalue weighted by Crippen LogP contribution is -2.02.